The second-order valence-corrected chi connectivity index (χ2v) is 7.03. The Morgan fingerprint density at radius 2 is 2.16 bits per heavy atom. The lowest BCUT2D eigenvalue weighted by Gasteiger charge is -2.32. The molecular weight excluding hydrogens is 258 g/mol. The Morgan fingerprint density at radius 1 is 1.42 bits per heavy atom. The molecule has 0 aliphatic carbocycles. The summed E-state index contributed by atoms with van der Waals surface area (Å²) in [5, 5.41) is 6.45. The topological polar surface area (TPSA) is 44.4 Å². The van der Waals surface area contributed by atoms with E-state index in [1.807, 2.05) is 11.8 Å². The number of thioether (sulfide) groups is 1. The number of rotatable bonds is 5. The number of carbonyl (C=O) groups excluding carboxylic acids is 1. The Kier molecular flexibility index (Phi) is 5.98. The third-order valence-corrected chi connectivity index (χ3v) is 5.16. The fourth-order valence-electron chi connectivity index (χ4n) is 2.92. The van der Waals surface area contributed by atoms with Crippen molar-refractivity contribution < 1.29 is 4.79 Å². The molecule has 2 atom stereocenters. The van der Waals surface area contributed by atoms with Gasteiger partial charge in [0.05, 0.1) is 6.04 Å². The van der Waals surface area contributed by atoms with Gasteiger partial charge in [0, 0.05) is 30.6 Å². The van der Waals surface area contributed by atoms with Crippen LogP contribution < -0.4 is 10.6 Å². The maximum Gasteiger partial charge on any atom is 0.238 e. The lowest BCUT2D eigenvalue weighted by molar-refractivity contribution is -0.123. The number of hydrogen-bond donors (Lipinski definition) is 2. The van der Waals surface area contributed by atoms with Crippen molar-refractivity contribution >= 4 is 17.7 Å². The molecule has 2 N–H and O–H groups in total. The smallest absolute Gasteiger partial charge is 0.238 e. The lowest BCUT2D eigenvalue weighted by atomic mass is 10.0. The maximum atomic E-state index is 12.1. The molecule has 2 aliphatic heterocycles. The van der Waals surface area contributed by atoms with E-state index >= 15 is 0 Å². The van der Waals surface area contributed by atoms with Crippen molar-refractivity contribution in [1.29, 1.82) is 0 Å². The molecule has 0 radical (unpaired) electrons. The lowest BCUT2D eigenvalue weighted by Crippen LogP contribution is -2.52. The summed E-state index contributed by atoms with van der Waals surface area (Å²) in [4.78, 5) is 14.7. The number of nitrogens with zero attached hydrogens (tertiary/aromatic N) is 1. The van der Waals surface area contributed by atoms with Crippen molar-refractivity contribution in [3.63, 3.8) is 0 Å². The normalized spacial score (nSPS) is 26.6. The van der Waals surface area contributed by atoms with Gasteiger partial charge in [-0.1, -0.05) is 13.8 Å². The molecule has 2 fully saturated rings. The zero-order valence-corrected chi connectivity index (χ0v) is 13.0. The van der Waals surface area contributed by atoms with Gasteiger partial charge in [0.25, 0.3) is 0 Å². The number of hydrogen-bond acceptors (Lipinski definition) is 4. The molecule has 2 heterocycles. The number of carbonyl (C=O) groups is 1. The van der Waals surface area contributed by atoms with Crippen LogP contribution in [0.3, 0.4) is 0 Å². The van der Waals surface area contributed by atoms with Gasteiger partial charge in [0.15, 0.2) is 0 Å². The molecule has 1 amide bonds. The van der Waals surface area contributed by atoms with E-state index in [1.54, 1.807) is 0 Å². The third kappa shape index (κ3) is 4.36. The van der Waals surface area contributed by atoms with Crippen LogP contribution in [0, 0.1) is 5.92 Å². The highest BCUT2D eigenvalue weighted by Crippen LogP contribution is 2.17. The predicted octanol–water partition coefficient (Wildman–Crippen LogP) is 0.928. The minimum Gasteiger partial charge on any atom is -0.353 e. The van der Waals surface area contributed by atoms with Crippen LogP contribution in [0.15, 0.2) is 0 Å². The first-order chi connectivity index (χ1) is 9.18. The molecule has 5 heteroatoms. The summed E-state index contributed by atoms with van der Waals surface area (Å²) in [7, 11) is 0. The van der Waals surface area contributed by atoms with Gasteiger partial charge < -0.3 is 10.6 Å². The highest BCUT2D eigenvalue weighted by Gasteiger charge is 2.26. The van der Waals surface area contributed by atoms with Crippen LogP contribution in [-0.4, -0.2) is 60.6 Å². The molecule has 0 saturated carbocycles. The quantitative estimate of drug-likeness (QED) is 0.789. The first kappa shape index (κ1) is 15.1. The van der Waals surface area contributed by atoms with E-state index in [0.29, 0.717) is 12.0 Å². The van der Waals surface area contributed by atoms with Gasteiger partial charge in [-0.15, -0.1) is 0 Å². The van der Waals surface area contributed by atoms with Gasteiger partial charge in [-0.2, -0.15) is 11.8 Å². The molecule has 19 heavy (non-hydrogen) atoms. The SMILES string of the molecule is CC(C)C(CNC(=O)C1CSCCN1)N1CCCC1. The average Bonchev–Trinajstić information content (AvgIpc) is 2.93. The number of amides is 1. The van der Waals surface area contributed by atoms with E-state index in [2.05, 4.69) is 29.4 Å². The Labute approximate surface area is 121 Å². The summed E-state index contributed by atoms with van der Waals surface area (Å²) in [6.45, 7) is 8.63. The summed E-state index contributed by atoms with van der Waals surface area (Å²) in [6.07, 6.45) is 2.61. The van der Waals surface area contributed by atoms with E-state index in [-0.39, 0.29) is 11.9 Å². The van der Waals surface area contributed by atoms with Crippen molar-refractivity contribution in [3.8, 4) is 0 Å². The number of nitrogens with one attached hydrogen (secondary N) is 2. The minimum atomic E-state index is 0.00476. The van der Waals surface area contributed by atoms with Crippen LogP contribution in [-0.2, 0) is 4.79 Å². The van der Waals surface area contributed by atoms with Gasteiger partial charge in [0.1, 0.15) is 0 Å². The molecule has 0 aromatic carbocycles. The molecule has 2 unspecified atom stereocenters. The van der Waals surface area contributed by atoms with Gasteiger partial charge in [0.2, 0.25) is 5.91 Å². The Balaban J connectivity index is 1.79. The van der Waals surface area contributed by atoms with Crippen LogP contribution in [0.2, 0.25) is 0 Å². The maximum absolute atomic E-state index is 12.1. The van der Waals surface area contributed by atoms with Gasteiger partial charge in [-0.05, 0) is 31.8 Å². The Bertz CT molecular complexity index is 286. The molecule has 0 aromatic rings. The van der Waals surface area contributed by atoms with Gasteiger partial charge in [-0.3, -0.25) is 9.69 Å². The zero-order chi connectivity index (χ0) is 13.7. The second kappa shape index (κ2) is 7.50. The fraction of sp³-hybridized carbons (Fsp3) is 0.929. The summed E-state index contributed by atoms with van der Waals surface area (Å²) < 4.78 is 0. The second-order valence-electron chi connectivity index (χ2n) is 5.88. The molecule has 110 valence electrons. The molecule has 0 aromatic heterocycles. The van der Waals surface area contributed by atoms with E-state index < -0.39 is 0 Å². The molecule has 2 rings (SSSR count). The highest BCUT2D eigenvalue weighted by molar-refractivity contribution is 7.99. The molecule has 0 spiro atoms. The van der Waals surface area contributed by atoms with E-state index in [0.717, 1.165) is 24.6 Å². The molecule has 2 aliphatic rings. The van der Waals surface area contributed by atoms with Gasteiger partial charge in [-0.25, -0.2) is 0 Å². The van der Waals surface area contributed by atoms with Crippen LogP contribution in [0.25, 0.3) is 0 Å². The van der Waals surface area contributed by atoms with Crippen molar-refractivity contribution in [1.82, 2.24) is 15.5 Å². The zero-order valence-electron chi connectivity index (χ0n) is 12.2. The molecule has 0 bridgehead atoms. The van der Waals surface area contributed by atoms with Crippen molar-refractivity contribution in [3.05, 3.63) is 0 Å². The standard InChI is InChI=1S/C14H27N3OS/c1-11(2)13(17-6-3-4-7-17)9-16-14(18)12-10-19-8-5-15-12/h11-13,15H,3-10H2,1-2H3,(H,16,18). The van der Waals surface area contributed by atoms with E-state index in [1.165, 1.54) is 25.9 Å². The van der Waals surface area contributed by atoms with Crippen molar-refractivity contribution in [2.24, 2.45) is 5.92 Å². The fourth-order valence-corrected chi connectivity index (χ4v) is 3.86. The average molecular weight is 285 g/mol. The van der Waals surface area contributed by atoms with Crippen molar-refractivity contribution in [2.45, 2.75) is 38.8 Å². The largest absolute Gasteiger partial charge is 0.353 e. The first-order valence-corrected chi connectivity index (χ1v) is 8.67. The Morgan fingerprint density at radius 3 is 2.74 bits per heavy atom. The summed E-state index contributed by atoms with van der Waals surface area (Å²) in [6, 6.07) is 0.493. The van der Waals surface area contributed by atoms with Crippen LogP contribution in [0.1, 0.15) is 26.7 Å². The predicted molar refractivity (Wildman–Crippen MR) is 81.6 cm³/mol. The molecular formula is C14H27N3OS. The van der Waals surface area contributed by atoms with E-state index in [9.17, 15) is 4.79 Å². The number of likely N-dealkylation sites (tertiary alicyclic amines) is 1. The molecule has 4 nitrogen and oxygen atoms in total. The van der Waals surface area contributed by atoms with Crippen LogP contribution in [0.4, 0.5) is 0 Å². The Hall–Kier alpha value is -0.260. The molecule has 2 saturated heterocycles. The van der Waals surface area contributed by atoms with Crippen LogP contribution in [0.5, 0.6) is 0 Å². The van der Waals surface area contributed by atoms with Gasteiger partial charge >= 0.3 is 0 Å². The van der Waals surface area contributed by atoms with E-state index in [4.69, 9.17) is 0 Å². The monoisotopic (exact) mass is 285 g/mol. The summed E-state index contributed by atoms with van der Waals surface area (Å²) in [5.74, 6) is 2.79. The minimum absolute atomic E-state index is 0.00476. The van der Waals surface area contributed by atoms with Crippen molar-refractivity contribution in [2.75, 3.05) is 37.7 Å². The highest BCUT2D eigenvalue weighted by atomic mass is 32.2. The summed E-state index contributed by atoms with van der Waals surface area (Å²) >= 11 is 1.86. The third-order valence-electron chi connectivity index (χ3n) is 4.10. The summed E-state index contributed by atoms with van der Waals surface area (Å²) in [5.41, 5.74) is 0. The van der Waals surface area contributed by atoms with Crippen LogP contribution >= 0.6 is 11.8 Å². The first-order valence-electron chi connectivity index (χ1n) is 7.51.